The van der Waals surface area contributed by atoms with E-state index in [0.717, 1.165) is 10.9 Å². The number of H-pyrrole nitrogens is 1. The van der Waals surface area contributed by atoms with Gasteiger partial charge in [0, 0.05) is 27.6 Å². The molecule has 0 aliphatic carbocycles. The Labute approximate surface area is 97.3 Å². The summed E-state index contributed by atoms with van der Waals surface area (Å²) in [4.78, 5) is 14.2. The minimum absolute atomic E-state index is 0.261. The number of carboxylic acid groups (broad SMARTS) is 1. The summed E-state index contributed by atoms with van der Waals surface area (Å²) in [5, 5.41) is 9.92. The van der Waals surface area contributed by atoms with Crippen molar-refractivity contribution < 1.29 is 14.0 Å². The van der Waals surface area contributed by atoms with Gasteiger partial charge in [0.1, 0.15) is 5.54 Å². The first-order chi connectivity index (χ1) is 8.75. The average molecular weight is 221 g/mol. The van der Waals surface area contributed by atoms with Gasteiger partial charge in [0.25, 0.3) is 0 Å². The highest BCUT2D eigenvalue weighted by Crippen LogP contribution is 2.21. The summed E-state index contributed by atoms with van der Waals surface area (Å²) in [6.45, 7) is -2.78. The number of nitrogens with two attached hydrogens (primary N) is 1. The van der Waals surface area contributed by atoms with Crippen molar-refractivity contribution in [2.24, 2.45) is 5.73 Å². The van der Waals surface area contributed by atoms with Gasteiger partial charge in [0.05, 0.1) is 0 Å². The van der Waals surface area contributed by atoms with E-state index < -0.39 is 18.4 Å². The molecule has 0 aliphatic rings. The number of hydrogen-bond donors (Lipinski definition) is 3. The van der Waals surface area contributed by atoms with E-state index in [4.69, 9.17) is 15.0 Å². The Morgan fingerprint density at radius 2 is 2.38 bits per heavy atom. The number of rotatable bonds is 3. The summed E-state index contributed by atoms with van der Waals surface area (Å²) in [6.07, 6.45) is 1.34. The molecule has 4 N–H and O–H groups in total. The number of carbonyl (C=O) groups is 1. The van der Waals surface area contributed by atoms with Crippen molar-refractivity contribution >= 4 is 16.9 Å². The maximum absolute atomic E-state index is 11.2. The van der Waals surface area contributed by atoms with Crippen LogP contribution in [0.5, 0.6) is 0 Å². The molecular weight excluding hydrogens is 204 g/mol. The zero-order valence-electron chi connectivity index (χ0n) is 11.5. The van der Waals surface area contributed by atoms with Crippen LogP contribution in [0.1, 0.15) is 16.5 Å². The first-order valence-electron chi connectivity index (χ1n) is 6.33. The van der Waals surface area contributed by atoms with E-state index in [1.165, 1.54) is 0 Å². The third-order valence-electron chi connectivity index (χ3n) is 2.53. The summed E-state index contributed by atoms with van der Waals surface area (Å²) >= 11 is 0. The lowest BCUT2D eigenvalue weighted by molar-refractivity contribution is -0.142. The third-order valence-corrected chi connectivity index (χ3v) is 2.53. The van der Waals surface area contributed by atoms with E-state index in [1.54, 1.807) is 18.3 Å². The molecule has 84 valence electrons. The molecular formula is C12H14N2O2. The molecule has 0 radical (unpaired) electrons. The van der Waals surface area contributed by atoms with E-state index in [0.29, 0.717) is 5.56 Å². The smallest absolute Gasteiger partial charge is 0.323 e. The molecule has 2 rings (SSSR count). The number of aliphatic carboxylic acids is 1. The van der Waals surface area contributed by atoms with Crippen LogP contribution < -0.4 is 5.73 Å². The van der Waals surface area contributed by atoms with Gasteiger partial charge < -0.3 is 15.8 Å². The summed E-state index contributed by atoms with van der Waals surface area (Å²) < 4.78 is 22.0. The molecule has 2 aromatic rings. The molecule has 1 aromatic carbocycles. The van der Waals surface area contributed by atoms with Gasteiger partial charge >= 0.3 is 5.97 Å². The second kappa shape index (κ2) is 3.64. The van der Waals surface area contributed by atoms with Gasteiger partial charge in [-0.05, 0) is 18.5 Å². The third kappa shape index (κ3) is 1.79. The van der Waals surface area contributed by atoms with Gasteiger partial charge in [-0.2, -0.15) is 0 Å². The number of para-hydroxylation sites is 1. The minimum atomic E-state index is -2.78. The molecule has 0 amide bonds. The Hall–Kier alpha value is -1.81. The van der Waals surface area contributed by atoms with Gasteiger partial charge in [0.2, 0.25) is 0 Å². The Balaban J connectivity index is 2.46. The van der Waals surface area contributed by atoms with Gasteiger partial charge in [-0.1, -0.05) is 18.2 Å². The second-order valence-corrected chi connectivity index (χ2v) is 3.81. The molecule has 16 heavy (non-hydrogen) atoms. The molecule has 0 unspecified atom stereocenters. The fourth-order valence-electron chi connectivity index (χ4n) is 1.65. The second-order valence-electron chi connectivity index (χ2n) is 3.81. The van der Waals surface area contributed by atoms with Crippen LogP contribution in [0.4, 0.5) is 0 Å². The van der Waals surface area contributed by atoms with Crippen molar-refractivity contribution in [2.45, 2.75) is 18.8 Å². The monoisotopic (exact) mass is 221 g/mol. The lowest BCUT2D eigenvalue weighted by atomic mass is 9.94. The average Bonchev–Trinajstić information content (AvgIpc) is 2.71. The van der Waals surface area contributed by atoms with Crippen LogP contribution in [0.15, 0.2) is 30.5 Å². The fourth-order valence-corrected chi connectivity index (χ4v) is 1.65. The highest BCUT2D eigenvalue weighted by atomic mass is 16.4. The SMILES string of the molecule is [2H]C([2H])([2H])[C@](N)(Cc1c[nH]c2ccccc12)C(=O)O. The van der Waals surface area contributed by atoms with Gasteiger partial charge in [-0.15, -0.1) is 0 Å². The first kappa shape index (κ1) is 7.46. The number of aromatic amines is 1. The largest absolute Gasteiger partial charge is 0.480 e. The normalized spacial score (nSPS) is 18.4. The van der Waals surface area contributed by atoms with Crippen molar-refractivity contribution in [3.05, 3.63) is 36.0 Å². The molecule has 0 bridgehead atoms. The highest BCUT2D eigenvalue weighted by molar-refractivity contribution is 5.85. The Morgan fingerprint density at radius 3 is 3.06 bits per heavy atom. The Bertz CT molecular complexity index is 621. The van der Waals surface area contributed by atoms with Crippen LogP contribution in [-0.4, -0.2) is 21.6 Å². The lowest BCUT2D eigenvalue weighted by Gasteiger charge is -2.18. The number of hydrogen-bond acceptors (Lipinski definition) is 2. The van der Waals surface area contributed by atoms with Gasteiger partial charge in [-0.25, -0.2) is 0 Å². The standard InChI is InChI=1S/C12H14N2O2/c1-12(13,11(15)16)6-8-7-14-10-5-3-2-4-9(8)10/h2-5,7,14H,6,13H2,1H3,(H,15,16)/t12-/m0/s1/i1D3. The number of carboxylic acids is 1. The fraction of sp³-hybridized carbons (Fsp3) is 0.250. The van der Waals surface area contributed by atoms with E-state index in [1.807, 2.05) is 12.1 Å². The molecule has 0 saturated heterocycles. The topological polar surface area (TPSA) is 79.1 Å². The summed E-state index contributed by atoms with van der Waals surface area (Å²) in [6, 6.07) is 7.25. The molecule has 0 fully saturated rings. The molecule has 0 saturated carbocycles. The summed E-state index contributed by atoms with van der Waals surface area (Å²) in [7, 11) is 0. The maximum atomic E-state index is 11.2. The number of fused-ring (bicyclic) bond motifs is 1. The molecule has 1 atom stereocenters. The van der Waals surface area contributed by atoms with Crippen molar-refractivity contribution in [3.8, 4) is 0 Å². The highest BCUT2D eigenvalue weighted by Gasteiger charge is 2.28. The Kier molecular flexibility index (Phi) is 1.70. The molecule has 1 aromatic heterocycles. The predicted molar refractivity (Wildman–Crippen MR) is 62.2 cm³/mol. The molecule has 4 nitrogen and oxygen atoms in total. The number of nitrogens with one attached hydrogen (secondary N) is 1. The molecule has 0 spiro atoms. The van der Waals surface area contributed by atoms with E-state index in [9.17, 15) is 4.79 Å². The summed E-state index contributed by atoms with van der Waals surface area (Å²) in [5.41, 5.74) is 4.73. The molecule has 4 heteroatoms. The van der Waals surface area contributed by atoms with Crippen LogP contribution in [0.3, 0.4) is 0 Å². The predicted octanol–water partition coefficient (Wildman–Crippen LogP) is 1.51. The van der Waals surface area contributed by atoms with Crippen LogP contribution in [0.25, 0.3) is 10.9 Å². The van der Waals surface area contributed by atoms with Crippen molar-refractivity contribution in [3.63, 3.8) is 0 Å². The quantitative estimate of drug-likeness (QED) is 0.735. The van der Waals surface area contributed by atoms with Gasteiger partial charge in [-0.3, -0.25) is 4.79 Å². The maximum Gasteiger partial charge on any atom is 0.323 e. The van der Waals surface area contributed by atoms with Crippen LogP contribution in [-0.2, 0) is 11.2 Å². The summed E-state index contributed by atoms with van der Waals surface area (Å²) in [5.74, 6) is -1.53. The molecule has 0 aliphatic heterocycles. The van der Waals surface area contributed by atoms with Gasteiger partial charge in [0.15, 0.2) is 0 Å². The first-order valence-corrected chi connectivity index (χ1v) is 4.83. The lowest BCUT2D eigenvalue weighted by Crippen LogP contribution is -2.46. The van der Waals surface area contributed by atoms with Crippen LogP contribution in [0.2, 0.25) is 0 Å². The van der Waals surface area contributed by atoms with E-state index >= 15 is 0 Å². The Morgan fingerprint density at radius 1 is 1.62 bits per heavy atom. The van der Waals surface area contributed by atoms with Crippen molar-refractivity contribution in [1.82, 2.24) is 4.98 Å². The van der Waals surface area contributed by atoms with E-state index in [2.05, 4.69) is 4.98 Å². The van der Waals surface area contributed by atoms with Crippen molar-refractivity contribution in [2.75, 3.05) is 0 Å². The van der Waals surface area contributed by atoms with Crippen molar-refractivity contribution in [1.29, 1.82) is 0 Å². The number of benzene rings is 1. The van der Waals surface area contributed by atoms with E-state index in [-0.39, 0.29) is 6.42 Å². The number of aromatic nitrogens is 1. The van der Waals surface area contributed by atoms with Crippen LogP contribution in [0, 0.1) is 0 Å². The minimum Gasteiger partial charge on any atom is -0.480 e. The van der Waals surface area contributed by atoms with Crippen LogP contribution >= 0.6 is 0 Å². The zero-order chi connectivity index (χ0) is 14.3. The molecule has 1 heterocycles. The zero-order valence-corrected chi connectivity index (χ0v) is 8.53.